The van der Waals surface area contributed by atoms with Crippen LogP contribution in [0.1, 0.15) is 53.4 Å². The number of hydrogen-bond acceptors (Lipinski definition) is 1. The van der Waals surface area contributed by atoms with Crippen LogP contribution in [0.4, 0.5) is 0 Å². The molecule has 0 aliphatic heterocycles. The number of nitrogens with one attached hydrogen (secondary N) is 1. The summed E-state index contributed by atoms with van der Waals surface area (Å²) in [6.45, 7) is 11.8. The van der Waals surface area contributed by atoms with Crippen LogP contribution in [0.25, 0.3) is 0 Å². The molecule has 15 heavy (non-hydrogen) atoms. The smallest absolute Gasteiger partial charge is 0.00181 e. The van der Waals surface area contributed by atoms with Gasteiger partial charge in [-0.2, -0.15) is 0 Å². The molecule has 0 amide bonds. The quantitative estimate of drug-likeness (QED) is 0.699. The van der Waals surface area contributed by atoms with Crippen molar-refractivity contribution in [3.63, 3.8) is 0 Å². The monoisotopic (exact) mass is 211 g/mol. The second kappa shape index (κ2) is 6.52. The van der Waals surface area contributed by atoms with Crippen LogP contribution < -0.4 is 5.32 Å². The third kappa shape index (κ3) is 4.14. The van der Waals surface area contributed by atoms with E-state index in [-0.39, 0.29) is 0 Å². The van der Waals surface area contributed by atoms with Gasteiger partial charge in [-0.1, -0.05) is 34.1 Å². The first-order valence-electron chi connectivity index (χ1n) is 6.85. The van der Waals surface area contributed by atoms with Crippen molar-refractivity contribution in [3.8, 4) is 0 Å². The van der Waals surface area contributed by atoms with E-state index in [1.807, 2.05) is 0 Å². The van der Waals surface area contributed by atoms with E-state index in [1.54, 1.807) is 0 Å². The van der Waals surface area contributed by atoms with E-state index in [9.17, 15) is 0 Å². The SMILES string of the molecule is CCNCC1CCC(C(C)C)CCC1C. The second-order valence-corrected chi connectivity index (χ2v) is 5.70. The van der Waals surface area contributed by atoms with Crippen LogP contribution in [-0.4, -0.2) is 13.1 Å². The number of rotatable bonds is 4. The Kier molecular flexibility index (Phi) is 5.66. The Balaban J connectivity index is 2.40. The molecule has 0 aromatic heterocycles. The van der Waals surface area contributed by atoms with Crippen LogP contribution in [0, 0.1) is 23.7 Å². The molecule has 1 N–H and O–H groups in total. The molecule has 0 saturated heterocycles. The van der Waals surface area contributed by atoms with Crippen molar-refractivity contribution in [2.75, 3.05) is 13.1 Å². The molecule has 1 saturated carbocycles. The summed E-state index contributed by atoms with van der Waals surface area (Å²) in [5, 5.41) is 3.52. The first kappa shape index (κ1) is 13.0. The van der Waals surface area contributed by atoms with Crippen LogP contribution in [0.5, 0.6) is 0 Å². The van der Waals surface area contributed by atoms with Crippen molar-refractivity contribution < 1.29 is 0 Å². The van der Waals surface area contributed by atoms with Gasteiger partial charge in [0.2, 0.25) is 0 Å². The maximum absolute atomic E-state index is 3.52. The van der Waals surface area contributed by atoms with E-state index < -0.39 is 0 Å². The van der Waals surface area contributed by atoms with Gasteiger partial charge < -0.3 is 5.32 Å². The summed E-state index contributed by atoms with van der Waals surface area (Å²) in [5.41, 5.74) is 0. The Morgan fingerprint density at radius 2 is 1.80 bits per heavy atom. The van der Waals surface area contributed by atoms with Crippen LogP contribution in [-0.2, 0) is 0 Å². The number of hydrogen-bond donors (Lipinski definition) is 1. The molecule has 0 radical (unpaired) electrons. The lowest BCUT2D eigenvalue weighted by Crippen LogP contribution is -2.26. The van der Waals surface area contributed by atoms with Gasteiger partial charge in [0.15, 0.2) is 0 Å². The molecule has 1 nitrogen and oxygen atoms in total. The molecule has 1 heteroatoms. The van der Waals surface area contributed by atoms with Gasteiger partial charge in [-0.25, -0.2) is 0 Å². The zero-order valence-electron chi connectivity index (χ0n) is 11.1. The highest BCUT2D eigenvalue weighted by molar-refractivity contribution is 4.77. The maximum atomic E-state index is 3.52. The van der Waals surface area contributed by atoms with Crippen LogP contribution in [0.3, 0.4) is 0 Å². The minimum atomic E-state index is 0.884. The van der Waals surface area contributed by atoms with Gasteiger partial charge in [0.1, 0.15) is 0 Å². The Labute approximate surface area is 96.0 Å². The minimum Gasteiger partial charge on any atom is -0.317 e. The minimum absolute atomic E-state index is 0.884. The Morgan fingerprint density at radius 1 is 1.13 bits per heavy atom. The molecule has 1 rings (SSSR count). The topological polar surface area (TPSA) is 12.0 Å². The molecule has 90 valence electrons. The van der Waals surface area contributed by atoms with Gasteiger partial charge >= 0.3 is 0 Å². The van der Waals surface area contributed by atoms with E-state index in [0.29, 0.717) is 0 Å². The van der Waals surface area contributed by atoms with Crippen LogP contribution >= 0.6 is 0 Å². The molecule has 0 bridgehead atoms. The molecule has 1 fully saturated rings. The fraction of sp³-hybridized carbons (Fsp3) is 1.00. The average Bonchev–Trinajstić information content (AvgIpc) is 2.38. The average molecular weight is 211 g/mol. The van der Waals surface area contributed by atoms with E-state index >= 15 is 0 Å². The summed E-state index contributed by atoms with van der Waals surface area (Å²) in [4.78, 5) is 0. The summed E-state index contributed by atoms with van der Waals surface area (Å²) in [6, 6.07) is 0. The van der Waals surface area contributed by atoms with E-state index in [2.05, 4.69) is 33.0 Å². The van der Waals surface area contributed by atoms with Crippen molar-refractivity contribution in [2.24, 2.45) is 23.7 Å². The lowest BCUT2D eigenvalue weighted by atomic mass is 9.88. The maximum Gasteiger partial charge on any atom is -0.00181 e. The highest BCUT2D eigenvalue weighted by Gasteiger charge is 2.25. The first-order chi connectivity index (χ1) is 7.15. The Bertz CT molecular complexity index is 165. The third-order valence-electron chi connectivity index (χ3n) is 4.31. The van der Waals surface area contributed by atoms with Gasteiger partial charge in [-0.3, -0.25) is 0 Å². The predicted molar refractivity (Wildman–Crippen MR) is 68.0 cm³/mol. The zero-order chi connectivity index (χ0) is 11.3. The van der Waals surface area contributed by atoms with Crippen molar-refractivity contribution >= 4 is 0 Å². The highest BCUT2D eigenvalue weighted by Crippen LogP contribution is 2.34. The van der Waals surface area contributed by atoms with Gasteiger partial charge in [0.25, 0.3) is 0 Å². The lowest BCUT2D eigenvalue weighted by molar-refractivity contribution is 0.323. The van der Waals surface area contributed by atoms with Crippen molar-refractivity contribution in [1.29, 1.82) is 0 Å². The normalized spacial score (nSPS) is 33.0. The molecule has 0 aromatic rings. The van der Waals surface area contributed by atoms with Crippen molar-refractivity contribution in [2.45, 2.75) is 53.4 Å². The zero-order valence-corrected chi connectivity index (χ0v) is 11.1. The van der Waals surface area contributed by atoms with Gasteiger partial charge in [-0.05, 0) is 56.0 Å². The van der Waals surface area contributed by atoms with Crippen LogP contribution in [0.2, 0.25) is 0 Å². The largest absolute Gasteiger partial charge is 0.317 e. The van der Waals surface area contributed by atoms with Gasteiger partial charge in [0, 0.05) is 0 Å². The first-order valence-corrected chi connectivity index (χ1v) is 6.85. The summed E-state index contributed by atoms with van der Waals surface area (Å²) >= 11 is 0. The molecule has 3 unspecified atom stereocenters. The molecule has 3 atom stereocenters. The molecule has 0 heterocycles. The van der Waals surface area contributed by atoms with Gasteiger partial charge in [0.05, 0.1) is 0 Å². The Hall–Kier alpha value is -0.0400. The van der Waals surface area contributed by atoms with Crippen molar-refractivity contribution in [1.82, 2.24) is 5.32 Å². The molecule has 1 aliphatic rings. The van der Waals surface area contributed by atoms with Gasteiger partial charge in [-0.15, -0.1) is 0 Å². The predicted octanol–water partition coefficient (Wildman–Crippen LogP) is 3.69. The molecule has 0 spiro atoms. The van der Waals surface area contributed by atoms with Crippen molar-refractivity contribution in [3.05, 3.63) is 0 Å². The fourth-order valence-electron chi connectivity index (χ4n) is 2.87. The third-order valence-corrected chi connectivity index (χ3v) is 4.31. The van der Waals surface area contributed by atoms with E-state index in [4.69, 9.17) is 0 Å². The molecular weight excluding hydrogens is 182 g/mol. The van der Waals surface area contributed by atoms with Crippen LogP contribution in [0.15, 0.2) is 0 Å². The Morgan fingerprint density at radius 3 is 2.40 bits per heavy atom. The summed E-state index contributed by atoms with van der Waals surface area (Å²) in [6.07, 6.45) is 5.80. The summed E-state index contributed by atoms with van der Waals surface area (Å²) in [7, 11) is 0. The summed E-state index contributed by atoms with van der Waals surface area (Å²) in [5.74, 6) is 3.72. The standard InChI is InChI=1S/C14H29N/c1-5-15-10-14-9-8-13(11(2)3)7-6-12(14)4/h11-15H,5-10H2,1-4H3. The highest BCUT2D eigenvalue weighted by atomic mass is 14.8. The molecule has 0 aromatic carbocycles. The molecule has 1 aliphatic carbocycles. The summed E-state index contributed by atoms with van der Waals surface area (Å²) < 4.78 is 0. The molecular formula is C14H29N. The van der Waals surface area contributed by atoms with E-state index in [1.165, 1.54) is 32.2 Å². The fourth-order valence-corrected chi connectivity index (χ4v) is 2.87. The second-order valence-electron chi connectivity index (χ2n) is 5.70. The lowest BCUT2D eigenvalue weighted by Gasteiger charge is -2.21. The van der Waals surface area contributed by atoms with E-state index in [0.717, 1.165) is 30.2 Å².